The number of aromatic nitrogens is 2. The van der Waals surface area contributed by atoms with Gasteiger partial charge in [0.05, 0.1) is 23.6 Å². The highest BCUT2D eigenvalue weighted by molar-refractivity contribution is 5.94. The van der Waals surface area contributed by atoms with Crippen molar-refractivity contribution in [1.29, 1.82) is 0 Å². The Morgan fingerprint density at radius 1 is 1.23 bits per heavy atom. The Kier molecular flexibility index (Phi) is 3.42. The minimum atomic E-state index is -0.517. The Morgan fingerprint density at radius 3 is 2.77 bits per heavy atom. The molecule has 6 heteroatoms. The van der Waals surface area contributed by atoms with Crippen molar-refractivity contribution in [2.75, 3.05) is 7.11 Å². The molecule has 5 nitrogen and oxygen atoms in total. The van der Waals surface area contributed by atoms with E-state index >= 15 is 0 Å². The zero-order valence-electron chi connectivity index (χ0n) is 11.6. The first-order valence-corrected chi connectivity index (χ1v) is 6.47. The Labute approximate surface area is 124 Å². The number of nitrogens with zero attached hydrogens (tertiary/aromatic N) is 1. The molecule has 1 aromatic heterocycles. The summed E-state index contributed by atoms with van der Waals surface area (Å²) in [5, 5.41) is 0.341. The van der Waals surface area contributed by atoms with Crippen LogP contribution in [-0.2, 0) is 4.74 Å². The highest BCUT2D eigenvalue weighted by Gasteiger charge is 2.11. The van der Waals surface area contributed by atoms with Crippen molar-refractivity contribution < 1.29 is 13.9 Å². The fourth-order valence-electron chi connectivity index (χ4n) is 2.16. The van der Waals surface area contributed by atoms with Crippen LogP contribution in [0.25, 0.3) is 22.3 Å². The van der Waals surface area contributed by atoms with E-state index in [1.54, 1.807) is 6.07 Å². The lowest BCUT2D eigenvalue weighted by Crippen LogP contribution is -2.10. The number of nitrogens with one attached hydrogen (secondary N) is 1. The molecule has 0 unspecified atom stereocenters. The van der Waals surface area contributed by atoms with Crippen LogP contribution in [0.15, 0.2) is 47.3 Å². The van der Waals surface area contributed by atoms with E-state index in [2.05, 4.69) is 14.7 Å². The van der Waals surface area contributed by atoms with Gasteiger partial charge in [-0.1, -0.05) is 12.1 Å². The third kappa shape index (κ3) is 2.46. The molecule has 1 heterocycles. The first-order chi connectivity index (χ1) is 10.6. The summed E-state index contributed by atoms with van der Waals surface area (Å²) in [5.41, 5.74) is 0.715. The van der Waals surface area contributed by atoms with Crippen molar-refractivity contribution in [2.45, 2.75) is 0 Å². The number of fused-ring (bicyclic) bond motifs is 1. The SMILES string of the molecule is COC(=O)c1ccc2c(=O)[nH]c(-c3cccc(F)c3)nc2c1. The molecule has 0 bridgehead atoms. The van der Waals surface area contributed by atoms with Crippen LogP contribution in [0.5, 0.6) is 0 Å². The fourth-order valence-corrected chi connectivity index (χ4v) is 2.16. The molecule has 1 N–H and O–H groups in total. The molecule has 3 rings (SSSR count). The maximum absolute atomic E-state index is 13.3. The molecule has 0 atom stereocenters. The molecule has 2 aromatic carbocycles. The average molecular weight is 298 g/mol. The smallest absolute Gasteiger partial charge is 0.337 e. The number of esters is 1. The molecule has 3 aromatic rings. The summed E-state index contributed by atoms with van der Waals surface area (Å²) < 4.78 is 17.9. The second kappa shape index (κ2) is 5.40. The highest BCUT2D eigenvalue weighted by Crippen LogP contribution is 2.18. The van der Waals surface area contributed by atoms with E-state index in [1.807, 2.05) is 0 Å². The van der Waals surface area contributed by atoms with Crippen LogP contribution in [0.3, 0.4) is 0 Å². The molecule has 0 aliphatic carbocycles. The molecule has 110 valence electrons. The minimum absolute atomic E-state index is 0.235. The quantitative estimate of drug-likeness (QED) is 0.738. The van der Waals surface area contributed by atoms with Gasteiger partial charge >= 0.3 is 5.97 Å². The average Bonchev–Trinajstić information content (AvgIpc) is 2.53. The zero-order valence-corrected chi connectivity index (χ0v) is 11.6. The first-order valence-electron chi connectivity index (χ1n) is 6.47. The standard InChI is InChI=1S/C16H11FN2O3/c1-22-16(21)10-5-6-12-13(8-10)18-14(19-15(12)20)9-3-2-4-11(17)7-9/h2-8H,1H3,(H,18,19,20). The minimum Gasteiger partial charge on any atom is -0.465 e. The number of rotatable bonds is 2. The number of methoxy groups -OCH3 is 1. The number of hydrogen-bond donors (Lipinski definition) is 1. The fraction of sp³-hybridized carbons (Fsp3) is 0.0625. The number of ether oxygens (including phenoxy) is 1. The summed E-state index contributed by atoms with van der Waals surface area (Å²) >= 11 is 0. The molecular formula is C16H11FN2O3. The van der Waals surface area contributed by atoms with Crippen LogP contribution in [0.4, 0.5) is 4.39 Å². The monoisotopic (exact) mass is 298 g/mol. The number of carbonyl (C=O) groups is 1. The second-order valence-electron chi connectivity index (χ2n) is 4.65. The van der Waals surface area contributed by atoms with Crippen LogP contribution in [0, 0.1) is 5.82 Å². The van der Waals surface area contributed by atoms with Gasteiger partial charge in [-0.25, -0.2) is 14.2 Å². The summed E-state index contributed by atoms with van der Waals surface area (Å²) in [6, 6.07) is 10.2. The van der Waals surface area contributed by atoms with E-state index in [0.717, 1.165) is 0 Å². The van der Waals surface area contributed by atoms with Gasteiger partial charge in [0.25, 0.3) is 5.56 Å². The highest BCUT2D eigenvalue weighted by atomic mass is 19.1. The summed E-state index contributed by atoms with van der Waals surface area (Å²) in [6.45, 7) is 0. The van der Waals surface area contributed by atoms with Crippen molar-refractivity contribution in [3.8, 4) is 11.4 Å². The van der Waals surface area contributed by atoms with E-state index in [-0.39, 0.29) is 11.4 Å². The summed E-state index contributed by atoms with van der Waals surface area (Å²) in [7, 11) is 1.27. The Balaban J connectivity index is 2.21. The van der Waals surface area contributed by atoms with E-state index in [1.165, 1.54) is 43.5 Å². The van der Waals surface area contributed by atoms with Crippen LogP contribution >= 0.6 is 0 Å². The number of carbonyl (C=O) groups excluding carboxylic acids is 1. The lowest BCUT2D eigenvalue weighted by molar-refractivity contribution is 0.0601. The molecule has 0 radical (unpaired) electrons. The van der Waals surface area contributed by atoms with Gasteiger partial charge in [0.1, 0.15) is 11.6 Å². The largest absolute Gasteiger partial charge is 0.465 e. The number of benzene rings is 2. The number of halogens is 1. The Morgan fingerprint density at radius 2 is 2.05 bits per heavy atom. The summed E-state index contributed by atoms with van der Waals surface area (Å²) in [5.74, 6) is -0.709. The Hall–Kier alpha value is -3.02. The van der Waals surface area contributed by atoms with Crippen LogP contribution in [-0.4, -0.2) is 23.0 Å². The van der Waals surface area contributed by atoms with E-state index in [0.29, 0.717) is 22.0 Å². The maximum atomic E-state index is 13.3. The molecular weight excluding hydrogens is 287 g/mol. The van der Waals surface area contributed by atoms with Gasteiger partial charge in [-0.15, -0.1) is 0 Å². The van der Waals surface area contributed by atoms with Crippen molar-refractivity contribution >= 4 is 16.9 Å². The van der Waals surface area contributed by atoms with E-state index in [9.17, 15) is 14.0 Å². The molecule has 0 amide bonds. The lowest BCUT2D eigenvalue weighted by atomic mass is 10.1. The van der Waals surface area contributed by atoms with Crippen molar-refractivity contribution in [1.82, 2.24) is 9.97 Å². The van der Waals surface area contributed by atoms with Gasteiger partial charge < -0.3 is 9.72 Å². The molecule has 0 saturated carbocycles. The molecule has 0 spiro atoms. The first kappa shape index (κ1) is 13.9. The maximum Gasteiger partial charge on any atom is 0.337 e. The van der Waals surface area contributed by atoms with Gasteiger partial charge in [-0.05, 0) is 30.3 Å². The van der Waals surface area contributed by atoms with Crippen LogP contribution in [0.1, 0.15) is 10.4 Å². The predicted molar refractivity (Wildman–Crippen MR) is 79.1 cm³/mol. The molecule has 0 aliphatic rings. The molecule has 0 saturated heterocycles. The number of aromatic amines is 1. The van der Waals surface area contributed by atoms with Gasteiger partial charge in [-0.3, -0.25) is 4.79 Å². The van der Waals surface area contributed by atoms with Gasteiger partial charge in [0.15, 0.2) is 0 Å². The lowest BCUT2D eigenvalue weighted by Gasteiger charge is -2.05. The zero-order chi connectivity index (χ0) is 15.7. The van der Waals surface area contributed by atoms with Crippen molar-refractivity contribution in [3.05, 3.63) is 64.2 Å². The normalized spacial score (nSPS) is 10.6. The van der Waals surface area contributed by atoms with Crippen molar-refractivity contribution in [2.24, 2.45) is 0 Å². The van der Waals surface area contributed by atoms with E-state index < -0.39 is 11.8 Å². The number of H-pyrrole nitrogens is 1. The Bertz CT molecular complexity index is 934. The van der Waals surface area contributed by atoms with Gasteiger partial charge in [0, 0.05) is 5.56 Å². The van der Waals surface area contributed by atoms with Gasteiger partial charge in [0.2, 0.25) is 0 Å². The third-order valence-electron chi connectivity index (χ3n) is 3.23. The summed E-state index contributed by atoms with van der Waals surface area (Å²) in [6.07, 6.45) is 0. The van der Waals surface area contributed by atoms with Crippen LogP contribution in [0.2, 0.25) is 0 Å². The predicted octanol–water partition coefficient (Wildman–Crippen LogP) is 2.52. The number of hydrogen-bond acceptors (Lipinski definition) is 4. The summed E-state index contributed by atoms with van der Waals surface area (Å²) in [4.78, 5) is 30.6. The van der Waals surface area contributed by atoms with Gasteiger partial charge in [-0.2, -0.15) is 0 Å². The third-order valence-corrected chi connectivity index (χ3v) is 3.23. The molecule has 22 heavy (non-hydrogen) atoms. The molecule has 0 aliphatic heterocycles. The topological polar surface area (TPSA) is 72.1 Å². The molecule has 0 fully saturated rings. The second-order valence-corrected chi connectivity index (χ2v) is 4.65. The van der Waals surface area contributed by atoms with E-state index in [4.69, 9.17) is 0 Å². The van der Waals surface area contributed by atoms with Crippen molar-refractivity contribution in [3.63, 3.8) is 0 Å². The van der Waals surface area contributed by atoms with Crippen LogP contribution < -0.4 is 5.56 Å².